The lowest BCUT2D eigenvalue weighted by atomic mass is 10.4. The van der Waals surface area contributed by atoms with E-state index in [0.29, 0.717) is 5.16 Å². The van der Waals surface area contributed by atoms with E-state index in [-0.39, 0.29) is 0 Å². The van der Waals surface area contributed by atoms with Crippen molar-refractivity contribution in [2.45, 2.75) is 31.1 Å². The van der Waals surface area contributed by atoms with Crippen LogP contribution in [0.5, 0.6) is 0 Å². The number of hydrogen-bond donors (Lipinski definition) is 1. The molecule has 0 bridgehead atoms. The number of rotatable bonds is 3. The van der Waals surface area contributed by atoms with Crippen LogP contribution in [0.2, 0.25) is 12.1 Å². The third-order valence-corrected chi connectivity index (χ3v) is 7.20. The van der Waals surface area contributed by atoms with Crippen molar-refractivity contribution in [2.75, 3.05) is 27.2 Å². The standard InChI is InChI=1S/C9H22N2Si/c1-9(2)10-5-7-12(9)8-6-11(3)4/h10,12H,5-8H2,1-4H3. The van der Waals surface area contributed by atoms with Crippen molar-refractivity contribution in [3.63, 3.8) is 0 Å². The molecule has 0 saturated carbocycles. The summed E-state index contributed by atoms with van der Waals surface area (Å²) < 4.78 is 0. The minimum atomic E-state index is -0.499. The number of nitrogens with one attached hydrogen (secondary N) is 1. The van der Waals surface area contributed by atoms with Gasteiger partial charge in [0.25, 0.3) is 0 Å². The maximum Gasteiger partial charge on any atom is 0.0623 e. The fourth-order valence-corrected chi connectivity index (χ4v) is 5.48. The van der Waals surface area contributed by atoms with Crippen LogP contribution in [0.3, 0.4) is 0 Å². The van der Waals surface area contributed by atoms with E-state index in [2.05, 4.69) is 38.2 Å². The minimum Gasteiger partial charge on any atom is -0.315 e. The first-order valence-electron chi connectivity index (χ1n) is 4.92. The fraction of sp³-hybridized carbons (Fsp3) is 1.00. The van der Waals surface area contributed by atoms with Crippen molar-refractivity contribution in [3.8, 4) is 0 Å². The highest BCUT2D eigenvalue weighted by Crippen LogP contribution is 2.21. The summed E-state index contributed by atoms with van der Waals surface area (Å²) in [5.41, 5.74) is 0. The van der Waals surface area contributed by atoms with Crippen LogP contribution in [0.15, 0.2) is 0 Å². The maximum absolute atomic E-state index is 3.61. The van der Waals surface area contributed by atoms with Gasteiger partial charge in [-0.05, 0) is 39.3 Å². The Kier molecular flexibility index (Phi) is 3.32. The van der Waals surface area contributed by atoms with Crippen LogP contribution in [-0.2, 0) is 0 Å². The molecule has 1 unspecified atom stereocenters. The third-order valence-electron chi connectivity index (χ3n) is 3.02. The number of nitrogens with zero attached hydrogens (tertiary/aromatic N) is 1. The Hall–Kier alpha value is 0.137. The Bertz CT molecular complexity index is 145. The molecule has 0 radical (unpaired) electrons. The summed E-state index contributed by atoms with van der Waals surface area (Å²) in [5.74, 6) is 0. The van der Waals surface area contributed by atoms with E-state index >= 15 is 0 Å². The van der Waals surface area contributed by atoms with Gasteiger partial charge in [0.1, 0.15) is 0 Å². The molecule has 0 spiro atoms. The lowest BCUT2D eigenvalue weighted by Crippen LogP contribution is -2.45. The quantitative estimate of drug-likeness (QED) is 0.653. The van der Waals surface area contributed by atoms with Gasteiger partial charge in [0.05, 0.1) is 8.80 Å². The molecule has 1 heterocycles. The van der Waals surface area contributed by atoms with Crippen molar-refractivity contribution in [1.29, 1.82) is 0 Å². The van der Waals surface area contributed by atoms with Crippen molar-refractivity contribution >= 4 is 8.80 Å². The van der Waals surface area contributed by atoms with Gasteiger partial charge >= 0.3 is 0 Å². The lowest BCUT2D eigenvalue weighted by Gasteiger charge is -2.26. The van der Waals surface area contributed by atoms with Crippen LogP contribution in [-0.4, -0.2) is 46.0 Å². The molecule has 1 saturated heterocycles. The average Bonchev–Trinajstić information content (AvgIpc) is 2.25. The summed E-state index contributed by atoms with van der Waals surface area (Å²) in [6.07, 6.45) is 0. The van der Waals surface area contributed by atoms with Gasteiger partial charge in [0.15, 0.2) is 0 Å². The van der Waals surface area contributed by atoms with Crippen molar-refractivity contribution < 1.29 is 0 Å². The Morgan fingerprint density at radius 1 is 1.42 bits per heavy atom. The predicted octanol–water partition coefficient (Wildman–Crippen LogP) is 0.696. The van der Waals surface area contributed by atoms with E-state index in [1.165, 1.54) is 25.2 Å². The summed E-state index contributed by atoms with van der Waals surface area (Å²) in [6, 6.07) is 2.95. The molecule has 2 nitrogen and oxygen atoms in total. The van der Waals surface area contributed by atoms with Gasteiger partial charge < -0.3 is 10.2 Å². The first-order chi connectivity index (χ1) is 5.52. The molecule has 0 aromatic heterocycles. The van der Waals surface area contributed by atoms with Gasteiger partial charge in [-0.1, -0.05) is 13.8 Å². The molecule has 1 rings (SSSR count). The van der Waals surface area contributed by atoms with Gasteiger partial charge in [-0.25, -0.2) is 0 Å². The van der Waals surface area contributed by atoms with Gasteiger partial charge in [0.2, 0.25) is 0 Å². The predicted molar refractivity (Wildman–Crippen MR) is 57.4 cm³/mol. The summed E-state index contributed by atoms with van der Waals surface area (Å²) in [4.78, 5) is 2.31. The Morgan fingerprint density at radius 2 is 2.08 bits per heavy atom. The van der Waals surface area contributed by atoms with Gasteiger partial charge in [-0.3, -0.25) is 0 Å². The van der Waals surface area contributed by atoms with Crippen molar-refractivity contribution in [3.05, 3.63) is 0 Å². The molecular formula is C9H22N2Si. The average molecular weight is 186 g/mol. The Labute approximate surface area is 77.9 Å². The summed E-state index contributed by atoms with van der Waals surface area (Å²) in [5, 5.41) is 4.12. The van der Waals surface area contributed by atoms with Gasteiger partial charge in [0, 0.05) is 5.16 Å². The van der Waals surface area contributed by atoms with Crippen molar-refractivity contribution in [1.82, 2.24) is 10.2 Å². The first-order valence-corrected chi connectivity index (χ1v) is 7.13. The van der Waals surface area contributed by atoms with Crippen LogP contribution in [0.25, 0.3) is 0 Å². The fourth-order valence-electron chi connectivity index (χ4n) is 1.99. The van der Waals surface area contributed by atoms with E-state index in [0.717, 1.165) is 0 Å². The largest absolute Gasteiger partial charge is 0.315 e. The summed E-state index contributed by atoms with van der Waals surface area (Å²) in [6.45, 7) is 7.30. The van der Waals surface area contributed by atoms with E-state index in [1.54, 1.807) is 0 Å². The Morgan fingerprint density at radius 3 is 2.50 bits per heavy atom. The van der Waals surface area contributed by atoms with Gasteiger partial charge in [-0.15, -0.1) is 0 Å². The molecule has 3 heteroatoms. The Balaban J connectivity index is 2.32. The molecule has 0 aromatic carbocycles. The van der Waals surface area contributed by atoms with E-state index in [4.69, 9.17) is 0 Å². The molecule has 0 aliphatic carbocycles. The van der Waals surface area contributed by atoms with Crippen LogP contribution in [0.4, 0.5) is 0 Å². The second-order valence-electron chi connectivity index (χ2n) is 4.73. The second kappa shape index (κ2) is 3.90. The normalized spacial score (nSPS) is 28.2. The molecule has 1 fully saturated rings. The number of hydrogen-bond acceptors (Lipinski definition) is 2. The molecule has 1 aliphatic rings. The van der Waals surface area contributed by atoms with E-state index in [9.17, 15) is 0 Å². The lowest BCUT2D eigenvalue weighted by molar-refractivity contribution is 0.429. The SMILES string of the molecule is CN(C)CC[SiH]1CCNC1(C)C. The summed E-state index contributed by atoms with van der Waals surface area (Å²) >= 11 is 0. The smallest absolute Gasteiger partial charge is 0.0623 e. The second-order valence-corrected chi connectivity index (χ2v) is 8.72. The van der Waals surface area contributed by atoms with Crippen LogP contribution in [0, 0.1) is 0 Å². The maximum atomic E-state index is 3.61. The monoisotopic (exact) mass is 186 g/mol. The molecule has 1 atom stereocenters. The van der Waals surface area contributed by atoms with Gasteiger partial charge in [-0.2, -0.15) is 0 Å². The highest BCUT2D eigenvalue weighted by molar-refractivity contribution is 6.63. The van der Waals surface area contributed by atoms with Crippen LogP contribution in [0.1, 0.15) is 13.8 Å². The van der Waals surface area contributed by atoms with E-state index in [1.807, 2.05) is 0 Å². The van der Waals surface area contributed by atoms with Crippen LogP contribution < -0.4 is 5.32 Å². The molecule has 1 aliphatic heterocycles. The zero-order valence-corrected chi connectivity index (χ0v) is 10.0. The van der Waals surface area contributed by atoms with Crippen LogP contribution >= 0.6 is 0 Å². The molecule has 12 heavy (non-hydrogen) atoms. The third kappa shape index (κ3) is 2.57. The highest BCUT2D eigenvalue weighted by atomic mass is 28.3. The zero-order valence-electron chi connectivity index (χ0n) is 8.85. The first kappa shape index (κ1) is 10.2. The zero-order chi connectivity index (χ0) is 9.19. The van der Waals surface area contributed by atoms with E-state index < -0.39 is 8.80 Å². The molecular weight excluding hydrogens is 164 g/mol. The topological polar surface area (TPSA) is 15.3 Å². The molecule has 72 valence electrons. The molecule has 0 amide bonds. The minimum absolute atomic E-state index is 0.499. The summed E-state index contributed by atoms with van der Waals surface area (Å²) in [7, 11) is 3.84. The molecule has 0 aromatic rings. The van der Waals surface area contributed by atoms with Crippen molar-refractivity contribution in [2.24, 2.45) is 0 Å². The highest BCUT2D eigenvalue weighted by Gasteiger charge is 2.34. The molecule has 1 N–H and O–H groups in total.